The van der Waals surface area contributed by atoms with Crippen molar-refractivity contribution in [2.45, 2.75) is 17.9 Å². The van der Waals surface area contributed by atoms with Gasteiger partial charge in [-0.1, -0.05) is 36.0 Å². The van der Waals surface area contributed by atoms with Crippen LogP contribution in [0.15, 0.2) is 69.9 Å². The molecule has 2 aromatic heterocycles. The molecule has 0 aliphatic carbocycles. The third-order valence-electron chi connectivity index (χ3n) is 4.90. The first kappa shape index (κ1) is 21.0. The Kier molecular flexibility index (Phi) is 6.13. The van der Waals surface area contributed by atoms with Gasteiger partial charge < -0.3 is 19.3 Å². The van der Waals surface area contributed by atoms with Crippen LogP contribution < -0.4 is 15.0 Å². The molecule has 0 bridgehead atoms. The van der Waals surface area contributed by atoms with Gasteiger partial charge in [0.05, 0.1) is 30.4 Å². The number of hydrogen-bond donors (Lipinski definition) is 1. The monoisotopic (exact) mass is 468 g/mol. The van der Waals surface area contributed by atoms with E-state index in [9.17, 15) is 9.90 Å². The molecule has 164 valence electrons. The number of para-hydroxylation sites is 1. The van der Waals surface area contributed by atoms with Crippen molar-refractivity contribution in [3.63, 3.8) is 0 Å². The number of fused-ring (bicyclic) bond motifs is 2. The third-order valence-corrected chi connectivity index (χ3v) is 6.79. The highest BCUT2D eigenvalue weighted by atomic mass is 32.2. The van der Waals surface area contributed by atoms with Crippen LogP contribution in [0.4, 0.5) is 0 Å². The van der Waals surface area contributed by atoms with Gasteiger partial charge in [-0.3, -0.25) is 9.36 Å². The zero-order valence-corrected chi connectivity index (χ0v) is 18.6. The number of benzene rings is 2. The highest BCUT2D eigenvalue weighted by molar-refractivity contribution is 7.99. The van der Waals surface area contributed by atoms with Crippen LogP contribution in [-0.2, 0) is 11.3 Å². The van der Waals surface area contributed by atoms with Crippen LogP contribution in [-0.4, -0.2) is 39.9 Å². The van der Waals surface area contributed by atoms with Crippen molar-refractivity contribution in [1.82, 2.24) is 9.55 Å². The Morgan fingerprint density at radius 1 is 1.16 bits per heavy atom. The Hall–Kier alpha value is -2.85. The molecule has 2 aromatic carbocycles. The fraction of sp³-hybridized carbons (Fsp3) is 0.217. The molecule has 1 aliphatic rings. The van der Waals surface area contributed by atoms with Gasteiger partial charge in [-0.05, 0) is 41.3 Å². The lowest BCUT2D eigenvalue weighted by molar-refractivity contribution is 0.0397. The van der Waals surface area contributed by atoms with E-state index in [0.29, 0.717) is 33.5 Å². The van der Waals surface area contributed by atoms with E-state index in [0.717, 1.165) is 17.0 Å². The number of thiophene rings is 1. The molecule has 7 nitrogen and oxygen atoms in total. The number of ether oxygens (including phenoxy) is 3. The molecule has 3 heterocycles. The van der Waals surface area contributed by atoms with Crippen LogP contribution >= 0.6 is 23.1 Å². The Morgan fingerprint density at radius 2 is 2.00 bits per heavy atom. The molecule has 0 spiro atoms. The summed E-state index contributed by atoms with van der Waals surface area (Å²) < 4.78 is 18.0. The molecule has 0 saturated carbocycles. The molecule has 1 unspecified atom stereocenters. The molecule has 1 aliphatic heterocycles. The molecule has 0 fully saturated rings. The third kappa shape index (κ3) is 4.37. The van der Waals surface area contributed by atoms with E-state index in [4.69, 9.17) is 14.2 Å². The Morgan fingerprint density at radius 3 is 2.88 bits per heavy atom. The summed E-state index contributed by atoms with van der Waals surface area (Å²) in [6, 6.07) is 16.8. The van der Waals surface area contributed by atoms with Gasteiger partial charge in [0.2, 0.25) is 6.79 Å². The summed E-state index contributed by atoms with van der Waals surface area (Å²) in [4.78, 5) is 18.4. The summed E-state index contributed by atoms with van der Waals surface area (Å²) in [7, 11) is 0. The number of aromatic nitrogens is 2. The summed E-state index contributed by atoms with van der Waals surface area (Å²) in [6.07, 6.45) is -0.714. The first-order valence-electron chi connectivity index (χ1n) is 10.0. The number of rotatable bonds is 8. The molecular formula is C23H20N2O5S2. The fourth-order valence-corrected chi connectivity index (χ4v) is 5.08. The Bertz CT molecular complexity index is 1290. The molecule has 0 amide bonds. The van der Waals surface area contributed by atoms with Gasteiger partial charge in [0.25, 0.3) is 5.56 Å². The second-order valence-corrected chi connectivity index (χ2v) is 9.06. The maximum absolute atomic E-state index is 13.1. The fourth-order valence-electron chi connectivity index (χ4n) is 3.36. The molecule has 0 radical (unpaired) electrons. The largest absolute Gasteiger partial charge is 0.454 e. The maximum atomic E-state index is 13.1. The normalized spacial score (nSPS) is 13.5. The van der Waals surface area contributed by atoms with E-state index >= 15 is 0 Å². The van der Waals surface area contributed by atoms with Crippen LogP contribution in [0.25, 0.3) is 15.9 Å². The lowest BCUT2D eigenvalue weighted by atomic mass is 10.2. The van der Waals surface area contributed by atoms with Gasteiger partial charge in [-0.15, -0.1) is 11.3 Å². The minimum absolute atomic E-state index is 0.113. The van der Waals surface area contributed by atoms with Gasteiger partial charge >= 0.3 is 0 Å². The predicted molar refractivity (Wildman–Crippen MR) is 124 cm³/mol. The number of nitrogens with zero attached hydrogens (tertiary/aromatic N) is 2. The lowest BCUT2D eigenvalue weighted by Crippen LogP contribution is -2.23. The highest BCUT2D eigenvalue weighted by Crippen LogP contribution is 2.32. The molecule has 1 atom stereocenters. The zero-order valence-electron chi connectivity index (χ0n) is 17.0. The van der Waals surface area contributed by atoms with E-state index in [1.807, 2.05) is 53.9 Å². The number of hydrogen-bond acceptors (Lipinski definition) is 8. The van der Waals surface area contributed by atoms with Crippen LogP contribution in [0.5, 0.6) is 11.5 Å². The smallest absolute Gasteiger partial charge is 0.267 e. The van der Waals surface area contributed by atoms with E-state index in [1.165, 1.54) is 23.1 Å². The van der Waals surface area contributed by atoms with Gasteiger partial charge in [0.15, 0.2) is 16.7 Å². The Labute approximate surface area is 192 Å². The predicted octanol–water partition coefficient (Wildman–Crippen LogP) is 3.85. The van der Waals surface area contributed by atoms with Gasteiger partial charge in [0.1, 0.15) is 4.83 Å². The highest BCUT2D eigenvalue weighted by Gasteiger charge is 2.17. The SMILES string of the molecule is O=c1c2ccsc2nc(SCC(O)COCc2ccc3c(c2)OCO3)n1-c1ccccc1. The minimum atomic E-state index is -0.714. The summed E-state index contributed by atoms with van der Waals surface area (Å²) in [5.41, 5.74) is 1.57. The summed E-state index contributed by atoms with van der Waals surface area (Å²) in [5, 5.41) is 13.4. The molecule has 0 saturated heterocycles. The van der Waals surface area contributed by atoms with Crippen molar-refractivity contribution >= 4 is 33.3 Å². The van der Waals surface area contributed by atoms with E-state index in [-0.39, 0.29) is 19.0 Å². The molecular weight excluding hydrogens is 448 g/mol. The van der Waals surface area contributed by atoms with Gasteiger partial charge in [-0.25, -0.2) is 4.98 Å². The first-order chi connectivity index (χ1) is 15.7. The van der Waals surface area contributed by atoms with Gasteiger partial charge in [-0.2, -0.15) is 0 Å². The number of aliphatic hydroxyl groups excluding tert-OH is 1. The van der Waals surface area contributed by atoms with Crippen molar-refractivity contribution in [3.05, 3.63) is 75.9 Å². The molecule has 32 heavy (non-hydrogen) atoms. The van der Waals surface area contributed by atoms with Crippen molar-refractivity contribution in [2.24, 2.45) is 0 Å². The second kappa shape index (κ2) is 9.33. The van der Waals surface area contributed by atoms with Gasteiger partial charge in [0, 0.05) is 5.75 Å². The van der Waals surface area contributed by atoms with Crippen molar-refractivity contribution in [1.29, 1.82) is 0 Å². The molecule has 1 N–H and O–H groups in total. The van der Waals surface area contributed by atoms with Crippen molar-refractivity contribution < 1.29 is 19.3 Å². The van der Waals surface area contributed by atoms with Crippen molar-refractivity contribution in [3.8, 4) is 17.2 Å². The summed E-state index contributed by atoms with van der Waals surface area (Å²) in [5.74, 6) is 1.78. The minimum Gasteiger partial charge on any atom is -0.454 e. The average Bonchev–Trinajstić information content (AvgIpc) is 3.47. The molecule has 4 aromatic rings. The van der Waals surface area contributed by atoms with E-state index < -0.39 is 6.10 Å². The molecule has 5 rings (SSSR count). The maximum Gasteiger partial charge on any atom is 0.267 e. The summed E-state index contributed by atoms with van der Waals surface area (Å²) >= 11 is 2.77. The van der Waals surface area contributed by atoms with Crippen molar-refractivity contribution in [2.75, 3.05) is 19.2 Å². The zero-order chi connectivity index (χ0) is 21.9. The number of thioether (sulfide) groups is 1. The first-order valence-corrected chi connectivity index (χ1v) is 11.9. The number of aliphatic hydroxyl groups is 1. The summed E-state index contributed by atoms with van der Waals surface area (Å²) in [6.45, 7) is 0.750. The Balaban J connectivity index is 1.25. The average molecular weight is 469 g/mol. The standard InChI is InChI=1S/C23H20N2O5S2/c26-17(12-28-11-15-6-7-19-20(10-15)30-14-29-19)13-32-23-24-21-18(8-9-31-21)22(27)25(23)16-4-2-1-3-5-16/h1-10,17,26H,11-14H2. The van der Waals surface area contributed by atoms with E-state index in [1.54, 1.807) is 10.6 Å². The van der Waals surface area contributed by atoms with Crippen LogP contribution in [0.3, 0.4) is 0 Å². The quantitative estimate of drug-likeness (QED) is 0.311. The van der Waals surface area contributed by atoms with E-state index in [2.05, 4.69) is 4.98 Å². The lowest BCUT2D eigenvalue weighted by Gasteiger charge is -2.14. The van der Waals surface area contributed by atoms with Crippen LogP contribution in [0.1, 0.15) is 5.56 Å². The topological polar surface area (TPSA) is 82.8 Å². The second-order valence-electron chi connectivity index (χ2n) is 7.18. The molecule has 9 heteroatoms. The van der Waals surface area contributed by atoms with Crippen LogP contribution in [0, 0.1) is 0 Å². The van der Waals surface area contributed by atoms with Crippen LogP contribution in [0.2, 0.25) is 0 Å².